The fraction of sp³-hybridized carbons (Fsp3) is 0.250. The lowest BCUT2D eigenvalue weighted by Gasteiger charge is -2.13. The third-order valence-electron chi connectivity index (χ3n) is 3.58. The first-order valence-corrected chi connectivity index (χ1v) is 7.12. The molecule has 3 nitrogen and oxygen atoms in total. The van der Waals surface area contributed by atoms with Gasteiger partial charge in [-0.1, -0.05) is 30.4 Å². The lowest BCUT2D eigenvalue weighted by Crippen LogP contribution is -2.13. The van der Waals surface area contributed by atoms with E-state index in [9.17, 15) is 0 Å². The number of para-hydroxylation sites is 1. The molecule has 0 unspecified atom stereocenters. The summed E-state index contributed by atoms with van der Waals surface area (Å²) in [7, 11) is 0. The van der Waals surface area contributed by atoms with E-state index in [1.165, 1.54) is 5.56 Å². The van der Waals surface area contributed by atoms with Gasteiger partial charge in [0.05, 0.1) is 5.56 Å². The smallest absolute Gasteiger partial charge is 0.229 e. The van der Waals surface area contributed by atoms with Gasteiger partial charge in [-0.3, -0.25) is 0 Å². The van der Waals surface area contributed by atoms with Crippen molar-refractivity contribution < 1.29 is 4.74 Å². The molecule has 2 N–H and O–H groups in total. The summed E-state index contributed by atoms with van der Waals surface area (Å²) in [4.78, 5) is 4.95. The van der Waals surface area contributed by atoms with Crippen LogP contribution in [0.25, 0.3) is 0 Å². The molecule has 0 atom stereocenters. The lowest BCUT2D eigenvalue weighted by atomic mass is 10.1. The summed E-state index contributed by atoms with van der Waals surface area (Å²) in [6, 6.07) is 9.88. The minimum Gasteiger partial charge on any atom is -0.438 e. The second-order valence-electron chi connectivity index (χ2n) is 5.03. The molecule has 102 valence electrons. The Morgan fingerprint density at radius 3 is 2.85 bits per heavy atom. The number of benzene rings is 1. The lowest BCUT2D eigenvalue weighted by molar-refractivity contribution is 0.456. The van der Waals surface area contributed by atoms with Gasteiger partial charge in [0.25, 0.3) is 0 Å². The third-order valence-corrected chi connectivity index (χ3v) is 3.80. The second-order valence-corrected chi connectivity index (χ2v) is 5.47. The van der Waals surface area contributed by atoms with Gasteiger partial charge in [0.2, 0.25) is 5.88 Å². The van der Waals surface area contributed by atoms with Crippen LogP contribution in [-0.2, 0) is 12.8 Å². The molecule has 0 aliphatic heterocycles. The maximum absolute atomic E-state index is 5.95. The van der Waals surface area contributed by atoms with E-state index in [2.05, 4.69) is 4.98 Å². The van der Waals surface area contributed by atoms with Gasteiger partial charge in [-0.05, 0) is 49.4 Å². The molecular weight excluding hydrogens is 268 g/mol. The van der Waals surface area contributed by atoms with Crippen molar-refractivity contribution in [2.75, 3.05) is 0 Å². The largest absolute Gasteiger partial charge is 0.438 e. The minimum absolute atomic E-state index is 0.329. The summed E-state index contributed by atoms with van der Waals surface area (Å²) >= 11 is 5.13. The molecule has 1 aliphatic carbocycles. The van der Waals surface area contributed by atoms with Crippen LogP contribution in [0.1, 0.15) is 28.8 Å². The van der Waals surface area contributed by atoms with Crippen LogP contribution in [0.2, 0.25) is 0 Å². The van der Waals surface area contributed by atoms with Gasteiger partial charge in [-0.25, -0.2) is 4.98 Å². The van der Waals surface area contributed by atoms with Crippen LogP contribution in [-0.4, -0.2) is 9.97 Å². The van der Waals surface area contributed by atoms with Crippen molar-refractivity contribution in [3.05, 3.63) is 52.7 Å². The van der Waals surface area contributed by atoms with Crippen LogP contribution < -0.4 is 10.5 Å². The summed E-state index contributed by atoms with van der Waals surface area (Å²) in [6.07, 6.45) is 3.17. The Hall–Kier alpha value is -1.94. The number of aromatic nitrogens is 1. The van der Waals surface area contributed by atoms with Crippen molar-refractivity contribution in [3.8, 4) is 11.6 Å². The van der Waals surface area contributed by atoms with E-state index in [-0.39, 0.29) is 0 Å². The molecule has 3 rings (SSSR count). The van der Waals surface area contributed by atoms with Gasteiger partial charge < -0.3 is 10.5 Å². The first-order chi connectivity index (χ1) is 9.65. The molecule has 1 heterocycles. The number of thiocarbonyl (C=S) groups is 1. The number of nitrogens with two attached hydrogens (primary N) is 1. The van der Waals surface area contributed by atoms with Crippen molar-refractivity contribution in [3.63, 3.8) is 0 Å². The topological polar surface area (TPSA) is 48.1 Å². The second kappa shape index (κ2) is 5.21. The van der Waals surface area contributed by atoms with E-state index in [0.29, 0.717) is 10.9 Å². The van der Waals surface area contributed by atoms with Crippen LogP contribution in [0.4, 0.5) is 0 Å². The van der Waals surface area contributed by atoms with Gasteiger partial charge in [0.15, 0.2) is 0 Å². The maximum atomic E-state index is 5.95. The predicted octanol–water partition coefficient (Wildman–Crippen LogP) is 3.31. The van der Waals surface area contributed by atoms with Crippen LogP contribution >= 0.6 is 12.2 Å². The summed E-state index contributed by atoms with van der Waals surface area (Å²) in [5, 5.41) is 0. The SMILES string of the molecule is Cc1ccccc1Oc1nc2c(cc1C(N)=S)CCC2. The molecule has 1 aliphatic rings. The zero-order valence-corrected chi connectivity index (χ0v) is 12.2. The van der Waals surface area contributed by atoms with Gasteiger partial charge in [0.1, 0.15) is 10.7 Å². The highest BCUT2D eigenvalue weighted by Gasteiger charge is 2.19. The maximum Gasteiger partial charge on any atom is 0.229 e. The van der Waals surface area contributed by atoms with Crippen molar-refractivity contribution in [2.45, 2.75) is 26.2 Å². The molecule has 0 radical (unpaired) electrons. The summed E-state index contributed by atoms with van der Waals surface area (Å²) in [6.45, 7) is 2.00. The number of pyridine rings is 1. The minimum atomic E-state index is 0.329. The quantitative estimate of drug-likeness (QED) is 0.879. The van der Waals surface area contributed by atoms with Crippen LogP contribution in [0.3, 0.4) is 0 Å². The molecule has 1 aromatic carbocycles. The Bertz CT molecular complexity index is 682. The number of fused-ring (bicyclic) bond motifs is 1. The monoisotopic (exact) mass is 284 g/mol. The first kappa shape index (κ1) is 13.1. The predicted molar refractivity (Wildman–Crippen MR) is 83.4 cm³/mol. The zero-order valence-electron chi connectivity index (χ0n) is 11.3. The van der Waals surface area contributed by atoms with E-state index >= 15 is 0 Å². The molecule has 4 heteroatoms. The molecule has 0 saturated carbocycles. The molecular formula is C16H16N2OS. The Balaban J connectivity index is 2.04. The fourth-order valence-corrected chi connectivity index (χ4v) is 2.63. The van der Waals surface area contributed by atoms with Gasteiger partial charge in [-0.15, -0.1) is 0 Å². The summed E-state index contributed by atoms with van der Waals surface area (Å²) in [5.74, 6) is 1.31. The Morgan fingerprint density at radius 1 is 1.30 bits per heavy atom. The molecule has 20 heavy (non-hydrogen) atoms. The Labute approximate surface area is 123 Å². The number of rotatable bonds is 3. The standard InChI is InChI=1S/C16H16N2OS/c1-10-5-2-3-8-14(10)19-16-12(15(17)20)9-11-6-4-7-13(11)18-16/h2-3,5,8-9H,4,6-7H2,1H3,(H2,17,20). The number of hydrogen-bond donors (Lipinski definition) is 1. The van der Waals surface area contributed by atoms with E-state index < -0.39 is 0 Å². The third kappa shape index (κ3) is 2.39. The highest BCUT2D eigenvalue weighted by Crippen LogP contribution is 2.30. The molecule has 0 saturated heterocycles. The zero-order chi connectivity index (χ0) is 14.1. The molecule has 1 aromatic heterocycles. The molecule has 0 spiro atoms. The van der Waals surface area contributed by atoms with E-state index in [0.717, 1.165) is 41.8 Å². The van der Waals surface area contributed by atoms with Crippen molar-refractivity contribution in [2.24, 2.45) is 5.73 Å². The Kier molecular flexibility index (Phi) is 3.40. The van der Waals surface area contributed by atoms with Crippen molar-refractivity contribution >= 4 is 17.2 Å². The number of hydrogen-bond acceptors (Lipinski definition) is 3. The van der Waals surface area contributed by atoms with Crippen molar-refractivity contribution in [1.29, 1.82) is 0 Å². The van der Waals surface area contributed by atoms with Gasteiger partial charge in [-0.2, -0.15) is 0 Å². The highest BCUT2D eigenvalue weighted by molar-refractivity contribution is 7.80. The van der Waals surface area contributed by atoms with Crippen LogP contribution in [0.15, 0.2) is 30.3 Å². The molecule has 0 amide bonds. The van der Waals surface area contributed by atoms with E-state index in [4.69, 9.17) is 22.7 Å². The Morgan fingerprint density at radius 2 is 2.10 bits per heavy atom. The normalized spacial score (nSPS) is 13.1. The van der Waals surface area contributed by atoms with E-state index in [1.54, 1.807) is 0 Å². The molecule has 2 aromatic rings. The van der Waals surface area contributed by atoms with Crippen LogP contribution in [0.5, 0.6) is 11.6 Å². The van der Waals surface area contributed by atoms with E-state index in [1.807, 2.05) is 37.3 Å². The number of ether oxygens (including phenoxy) is 1. The summed E-state index contributed by atoms with van der Waals surface area (Å²) in [5.41, 5.74) is 9.94. The average Bonchev–Trinajstić information content (AvgIpc) is 2.87. The van der Waals surface area contributed by atoms with Gasteiger partial charge >= 0.3 is 0 Å². The number of aryl methyl sites for hydroxylation is 3. The first-order valence-electron chi connectivity index (χ1n) is 6.71. The average molecular weight is 284 g/mol. The molecule has 0 bridgehead atoms. The summed E-state index contributed by atoms with van der Waals surface area (Å²) < 4.78 is 5.95. The van der Waals surface area contributed by atoms with Crippen LogP contribution in [0, 0.1) is 6.92 Å². The highest BCUT2D eigenvalue weighted by atomic mass is 32.1. The number of nitrogens with zero attached hydrogens (tertiary/aromatic N) is 1. The fourth-order valence-electron chi connectivity index (χ4n) is 2.48. The molecule has 0 fully saturated rings. The van der Waals surface area contributed by atoms with Gasteiger partial charge in [0, 0.05) is 5.69 Å². The van der Waals surface area contributed by atoms with Crippen molar-refractivity contribution in [1.82, 2.24) is 4.98 Å².